The average Bonchev–Trinajstić information content (AvgIpc) is 2.32. The summed E-state index contributed by atoms with van der Waals surface area (Å²) in [7, 11) is 0. The van der Waals surface area contributed by atoms with E-state index >= 15 is 0 Å². The van der Waals surface area contributed by atoms with Gasteiger partial charge in [0.1, 0.15) is 11.6 Å². The van der Waals surface area contributed by atoms with Crippen LogP contribution >= 0.6 is 11.6 Å². The standard InChI is InChI=1S/C13H13ClFN3/c1-9-8-11(15)3-2-10(9)4-6-16-12-5-7-17-13(14)18-12/h2-3,5,7-8H,4,6H2,1H3,(H,16,17,18). The van der Waals surface area contributed by atoms with Crippen molar-refractivity contribution in [1.29, 1.82) is 0 Å². The lowest BCUT2D eigenvalue weighted by Crippen LogP contribution is -2.07. The molecule has 94 valence electrons. The highest BCUT2D eigenvalue weighted by Crippen LogP contribution is 2.11. The molecule has 1 aromatic carbocycles. The summed E-state index contributed by atoms with van der Waals surface area (Å²) in [5.41, 5.74) is 2.07. The third-order valence-electron chi connectivity index (χ3n) is 2.63. The minimum Gasteiger partial charge on any atom is -0.370 e. The molecule has 0 bridgehead atoms. The second-order valence-electron chi connectivity index (χ2n) is 3.96. The molecule has 1 N–H and O–H groups in total. The molecule has 1 heterocycles. The van der Waals surface area contributed by atoms with Gasteiger partial charge in [0, 0.05) is 12.7 Å². The van der Waals surface area contributed by atoms with Crippen LogP contribution in [-0.2, 0) is 6.42 Å². The highest BCUT2D eigenvalue weighted by atomic mass is 35.5. The number of rotatable bonds is 4. The van der Waals surface area contributed by atoms with Gasteiger partial charge in [0.25, 0.3) is 0 Å². The van der Waals surface area contributed by atoms with Crippen molar-refractivity contribution in [2.75, 3.05) is 11.9 Å². The molecule has 0 amide bonds. The van der Waals surface area contributed by atoms with Crippen LogP contribution in [-0.4, -0.2) is 16.5 Å². The maximum absolute atomic E-state index is 12.9. The highest BCUT2D eigenvalue weighted by molar-refractivity contribution is 6.28. The van der Waals surface area contributed by atoms with Gasteiger partial charge in [-0.15, -0.1) is 0 Å². The summed E-state index contributed by atoms with van der Waals surface area (Å²) in [6.07, 6.45) is 2.40. The first-order chi connectivity index (χ1) is 8.65. The summed E-state index contributed by atoms with van der Waals surface area (Å²) in [4.78, 5) is 7.83. The zero-order chi connectivity index (χ0) is 13.0. The van der Waals surface area contributed by atoms with Crippen LogP contribution in [0.4, 0.5) is 10.2 Å². The normalized spacial score (nSPS) is 10.4. The number of aryl methyl sites for hydroxylation is 1. The quantitative estimate of drug-likeness (QED) is 0.863. The third-order valence-corrected chi connectivity index (χ3v) is 2.81. The molecule has 3 nitrogen and oxygen atoms in total. The van der Waals surface area contributed by atoms with E-state index in [2.05, 4.69) is 15.3 Å². The van der Waals surface area contributed by atoms with Crippen LogP contribution in [0.3, 0.4) is 0 Å². The average molecular weight is 266 g/mol. The highest BCUT2D eigenvalue weighted by Gasteiger charge is 2.01. The van der Waals surface area contributed by atoms with Gasteiger partial charge in [0.2, 0.25) is 5.28 Å². The second-order valence-corrected chi connectivity index (χ2v) is 4.30. The summed E-state index contributed by atoms with van der Waals surface area (Å²) in [5, 5.41) is 3.37. The molecule has 0 aliphatic heterocycles. The third kappa shape index (κ3) is 3.40. The van der Waals surface area contributed by atoms with Gasteiger partial charge in [-0.2, -0.15) is 0 Å². The van der Waals surface area contributed by atoms with E-state index in [1.807, 2.05) is 6.92 Å². The van der Waals surface area contributed by atoms with Gasteiger partial charge in [0.15, 0.2) is 0 Å². The number of nitrogens with zero attached hydrogens (tertiary/aromatic N) is 2. The lowest BCUT2D eigenvalue weighted by Gasteiger charge is -2.08. The van der Waals surface area contributed by atoms with E-state index in [1.165, 1.54) is 12.1 Å². The molecule has 1 aromatic heterocycles. The van der Waals surface area contributed by atoms with Crippen LogP contribution in [0.5, 0.6) is 0 Å². The Morgan fingerprint density at radius 3 is 2.89 bits per heavy atom. The number of nitrogens with one attached hydrogen (secondary N) is 1. The van der Waals surface area contributed by atoms with Gasteiger partial charge in [-0.1, -0.05) is 6.07 Å². The van der Waals surface area contributed by atoms with Crippen LogP contribution in [0.15, 0.2) is 30.5 Å². The lowest BCUT2D eigenvalue weighted by atomic mass is 10.1. The number of benzene rings is 1. The molecule has 5 heteroatoms. The number of hydrogen-bond acceptors (Lipinski definition) is 3. The SMILES string of the molecule is Cc1cc(F)ccc1CCNc1ccnc(Cl)n1. The monoisotopic (exact) mass is 265 g/mol. The summed E-state index contributed by atoms with van der Waals surface area (Å²) < 4.78 is 12.9. The maximum Gasteiger partial charge on any atom is 0.224 e. The van der Waals surface area contributed by atoms with Crippen LogP contribution in [0.25, 0.3) is 0 Å². The summed E-state index contributed by atoms with van der Waals surface area (Å²) >= 11 is 5.68. The number of anilines is 1. The summed E-state index contributed by atoms with van der Waals surface area (Å²) in [6, 6.07) is 6.57. The molecule has 18 heavy (non-hydrogen) atoms. The Morgan fingerprint density at radius 1 is 1.33 bits per heavy atom. The minimum absolute atomic E-state index is 0.202. The van der Waals surface area contributed by atoms with Crippen molar-refractivity contribution < 1.29 is 4.39 Å². The molecular weight excluding hydrogens is 253 g/mol. The molecule has 0 aliphatic carbocycles. The van der Waals surface area contributed by atoms with Crippen molar-refractivity contribution in [3.8, 4) is 0 Å². The molecule has 0 fully saturated rings. The van der Waals surface area contributed by atoms with E-state index < -0.39 is 0 Å². The Labute approximate surface area is 110 Å². The van der Waals surface area contributed by atoms with Gasteiger partial charge in [-0.3, -0.25) is 0 Å². The van der Waals surface area contributed by atoms with E-state index in [0.717, 1.165) is 17.5 Å². The molecule has 2 aromatic rings. The van der Waals surface area contributed by atoms with Gasteiger partial charge < -0.3 is 5.32 Å². The fourth-order valence-electron chi connectivity index (χ4n) is 1.70. The number of halogens is 2. The smallest absolute Gasteiger partial charge is 0.224 e. The molecule has 0 radical (unpaired) electrons. The predicted molar refractivity (Wildman–Crippen MR) is 70.4 cm³/mol. The van der Waals surface area contributed by atoms with E-state index in [4.69, 9.17) is 11.6 Å². The fraction of sp³-hybridized carbons (Fsp3) is 0.231. The molecule has 2 rings (SSSR count). The molecule has 0 spiro atoms. The number of aromatic nitrogens is 2. The molecular formula is C13H13ClFN3. The fourth-order valence-corrected chi connectivity index (χ4v) is 1.85. The van der Waals surface area contributed by atoms with Gasteiger partial charge in [-0.05, 0) is 54.3 Å². The summed E-state index contributed by atoms with van der Waals surface area (Å²) in [5.74, 6) is 0.488. The second kappa shape index (κ2) is 5.78. The van der Waals surface area contributed by atoms with Gasteiger partial charge in [0.05, 0.1) is 0 Å². The van der Waals surface area contributed by atoms with Crippen LogP contribution in [0, 0.1) is 12.7 Å². The summed E-state index contributed by atoms with van der Waals surface area (Å²) in [6.45, 7) is 2.61. The zero-order valence-corrected chi connectivity index (χ0v) is 10.7. The van der Waals surface area contributed by atoms with Crippen molar-refractivity contribution in [2.45, 2.75) is 13.3 Å². The van der Waals surface area contributed by atoms with Gasteiger partial charge >= 0.3 is 0 Å². The molecule has 0 atom stereocenters. The van der Waals surface area contributed by atoms with E-state index in [0.29, 0.717) is 12.4 Å². The molecule has 0 saturated carbocycles. The van der Waals surface area contributed by atoms with Crippen LogP contribution < -0.4 is 5.32 Å². The Balaban J connectivity index is 1.92. The van der Waals surface area contributed by atoms with E-state index in [9.17, 15) is 4.39 Å². The first-order valence-corrected chi connectivity index (χ1v) is 6.00. The predicted octanol–water partition coefficient (Wildman–Crippen LogP) is 3.23. The minimum atomic E-state index is -0.202. The van der Waals surface area contributed by atoms with Crippen molar-refractivity contribution in [3.05, 3.63) is 52.7 Å². The first-order valence-electron chi connectivity index (χ1n) is 5.62. The maximum atomic E-state index is 12.9. The Kier molecular flexibility index (Phi) is 4.10. The van der Waals surface area contributed by atoms with Crippen molar-refractivity contribution in [1.82, 2.24) is 9.97 Å². The Morgan fingerprint density at radius 2 is 2.17 bits per heavy atom. The van der Waals surface area contributed by atoms with Crippen LogP contribution in [0.2, 0.25) is 5.28 Å². The Bertz CT molecular complexity index is 546. The molecule has 0 saturated heterocycles. The zero-order valence-electron chi connectivity index (χ0n) is 9.95. The van der Waals surface area contributed by atoms with Crippen molar-refractivity contribution in [3.63, 3.8) is 0 Å². The van der Waals surface area contributed by atoms with E-state index in [-0.39, 0.29) is 11.1 Å². The largest absolute Gasteiger partial charge is 0.370 e. The van der Waals surface area contributed by atoms with Gasteiger partial charge in [-0.25, -0.2) is 14.4 Å². The Hall–Kier alpha value is -1.68. The first kappa shape index (κ1) is 12.8. The lowest BCUT2D eigenvalue weighted by molar-refractivity contribution is 0.625. The molecule has 0 unspecified atom stereocenters. The van der Waals surface area contributed by atoms with Crippen molar-refractivity contribution in [2.24, 2.45) is 0 Å². The van der Waals surface area contributed by atoms with Crippen LogP contribution in [0.1, 0.15) is 11.1 Å². The topological polar surface area (TPSA) is 37.8 Å². The number of hydrogen-bond donors (Lipinski definition) is 1. The van der Waals surface area contributed by atoms with E-state index in [1.54, 1.807) is 18.3 Å². The van der Waals surface area contributed by atoms with Crippen molar-refractivity contribution >= 4 is 17.4 Å². The molecule has 0 aliphatic rings.